The molecule has 1 aliphatic carbocycles. The molecule has 1 N–H and O–H groups in total. The van der Waals surface area contributed by atoms with Gasteiger partial charge < -0.3 is 19.9 Å². The fourth-order valence-electron chi connectivity index (χ4n) is 3.24. The maximum Gasteiger partial charge on any atom is 0.317 e. The first kappa shape index (κ1) is 16.6. The minimum atomic E-state index is 0.0480. The van der Waals surface area contributed by atoms with E-state index in [1.165, 1.54) is 24.8 Å². The minimum Gasteiger partial charge on any atom is -0.497 e. The summed E-state index contributed by atoms with van der Waals surface area (Å²) in [5.74, 6) is 1.71. The smallest absolute Gasteiger partial charge is 0.317 e. The Morgan fingerprint density at radius 1 is 1.33 bits per heavy atom. The number of amides is 2. The summed E-state index contributed by atoms with van der Waals surface area (Å²) in [4.78, 5) is 20.7. The molecule has 0 atom stereocenters. The zero-order chi connectivity index (χ0) is 16.8. The second kappa shape index (κ2) is 8.04. The van der Waals surface area contributed by atoms with Gasteiger partial charge >= 0.3 is 6.03 Å². The molecule has 0 bridgehead atoms. The molecule has 2 heterocycles. The van der Waals surface area contributed by atoms with Crippen molar-refractivity contribution in [3.05, 3.63) is 30.0 Å². The number of carbonyl (C=O) groups is 1. The average Bonchev–Trinajstić information content (AvgIpc) is 3.15. The lowest BCUT2D eigenvalue weighted by Crippen LogP contribution is -2.52. The van der Waals surface area contributed by atoms with Crippen LogP contribution in [0.25, 0.3) is 0 Å². The highest BCUT2D eigenvalue weighted by Gasteiger charge is 2.22. The SMILES string of the molecule is COc1ccnc(N2CCN(C(=O)NCCC3=CCCC3)CC2)c1. The van der Waals surface area contributed by atoms with Crippen molar-refractivity contribution >= 4 is 11.8 Å². The number of rotatable bonds is 5. The maximum absolute atomic E-state index is 12.3. The normalized spacial score (nSPS) is 17.6. The molecule has 2 aliphatic rings. The zero-order valence-electron chi connectivity index (χ0n) is 14.3. The third-order valence-corrected chi connectivity index (χ3v) is 4.70. The monoisotopic (exact) mass is 330 g/mol. The second-order valence-corrected chi connectivity index (χ2v) is 6.26. The number of piperazine rings is 1. The maximum atomic E-state index is 12.3. The van der Waals surface area contributed by atoms with E-state index in [-0.39, 0.29) is 6.03 Å². The number of nitrogens with one attached hydrogen (secondary N) is 1. The zero-order valence-corrected chi connectivity index (χ0v) is 14.3. The van der Waals surface area contributed by atoms with Crippen molar-refractivity contribution in [1.82, 2.24) is 15.2 Å². The molecule has 3 rings (SSSR count). The lowest BCUT2D eigenvalue weighted by molar-refractivity contribution is 0.194. The van der Waals surface area contributed by atoms with Crippen molar-refractivity contribution in [2.45, 2.75) is 25.7 Å². The van der Waals surface area contributed by atoms with E-state index >= 15 is 0 Å². The molecule has 2 amide bonds. The highest BCUT2D eigenvalue weighted by Crippen LogP contribution is 2.20. The van der Waals surface area contributed by atoms with Gasteiger partial charge in [0.15, 0.2) is 0 Å². The van der Waals surface area contributed by atoms with E-state index in [4.69, 9.17) is 4.74 Å². The molecule has 1 saturated heterocycles. The van der Waals surface area contributed by atoms with Crippen LogP contribution in [0.1, 0.15) is 25.7 Å². The van der Waals surface area contributed by atoms with Crippen LogP contribution in [0.2, 0.25) is 0 Å². The van der Waals surface area contributed by atoms with Gasteiger partial charge in [0.1, 0.15) is 11.6 Å². The number of pyridine rings is 1. The Balaban J connectivity index is 1.43. The molecule has 0 saturated carbocycles. The summed E-state index contributed by atoms with van der Waals surface area (Å²) in [5.41, 5.74) is 1.49. The summed E-state index contributed by atoms with van der Waals surface area (Å²) in [5, 5.41) is 3.04. The van der Waals surface area contributed by atoms with Gasteiger partial charge in [-0.25, -0.2) is 9.78 Å². The van der Waals surface area contributed by atoms with Crippen molar-refractivity contribution in [2.75, 3.05) is 44.7 Å². The van der Waals surface area contributed by atoms with Crippen molar-refractivity contribution in [2.24, 2.45) is 0 Å². The molecule has 1 aliphatic heterocycles. The van der Waals surface area contributed by atoms with Gasteiger partial charge in [0.05, 0.1) is 7.11 Å². The van der Waals surface area contributed by atoms with Crippen LogP contribution in [0.5, 0.6) is 5.75 Å². The third-order valence-electron chi connectivity index (χ3n) is 4.70. The van der Waals surface area contributed by atoms with E-state index in [1.807, 2.05) is 17.0 Å². The van der Waals surface area contributed by atoms with Crippen molar-refractivity contribution in [3.8, 4) is 5.75 Å². The van der Waals surface area contributed by atoms with Gasteiger partial charge in [-0.15, -0.1) is 0 Å². The van der Waals surface area contributed by atoms with Crippen molar-refractivity contribution in [1.29, 1.82) is 0 Å². The molecule has 24 heavy (non-hydrogen) atoms. The summed E-state index contributed by atoms with van der Waals surface area (Å²) >= 11 is 0. The van der Waals surface area contributed by atoms with Gasteiger partial charge in [0.2, 0.25) is 0 Å². The van der Waals surface area contributed by atoms with Crippen LogP contribution in [0, 0.1) is 0 Å². The average molecular weight is 330 g/mol. The molecule has 130 valence electrons. The van der Waals surface area contributed by atoms with E-state index in [9.17, 15) is 4.79 Å². The first-order valence-corrected chi connectivity index (χ1v) is 8.72. The Hall–Kier alpha value is -2.24. The number of anilines is 1. The Kier molecular flexibility index (Phi) is 5.56. The first-order valence-electron chi connectivity index (χ1n) is 8.72. The van der Waals surface area contributed by atoms with Crippen molar-refractivity contribution < 1.29 is 9.53 Å². The Bertz CT molecular complexity index is 594. The van der Waals surface area contributed by atoms with Gasteiger partial charge in [0.25, 0.3) is 0 Å². The minimum absolute atomic E-state index is 0.0480. The Morgan fingerprint density at radius 2 is 2.17 bits per heavy atom. The summed E-state index contributed by atoms with van der Waals surface area (Å²) in [6, 6.07) is 3.82. The molecule has 0 spiro atoms. The number of ether oxygens (including phenoxy) is 1. The molecular formula is C18H26N4O2. The molecule has 0 unspecified atom stereocenters. The fraction of sp³-hybridized carbons (Fsp3) is 0.556. The van der Waals surface area contributed by atoms with Crippen molar-refractivity contribution in [3.63, 3.8) is 0 Å². The molecular weight excluding hydrogens is 304 g/mol. The van der Waals surface area contributed by atoms with E-state index < -0.39 is 0 Å². The van der Waals surface area contributed by atoms with Gasteiger partial charge in [-0.1, -0.05) is 11.6 Å². The van der Waals surface area contributed by atoms with Crippen LogP contribution in [0.3, 0.4) is 0 Å². The second-order valence-electron chi connectivity index (χ2n) is 6.26. The predicted octanol–water partition coefficient (Wildman–Crippen LogP) is 2.42. The van der Waals surface area contributed by atoms with Crippen LogP contribution in [-0.2, 0) is 0 Å². The lowest BCUT2D eigenvalue weighted by Gasteiger charge is -2.35. The van der Waals surface area contributed by atoms with E-state index in [1.54, 1.807) is 13.3 Å². The molecule has 0 radical (unpaired) electrons. The predicted molar refractivity (Wildman–Crippen MR) is 94.5 cm³/mol. The largest absolute Gasteiger partial charge is 0.497 e. The standard InChI is InChI=1S/C18H26N4O2/c1-24-16-7-9-19-17(14-16)21-10-12-22(13-11-21)18(23)20-8-6-15-4-2-3-5-15/h4,7,9,14H,2-3,5-6,8,10-13H2,1H3,(H,20,23). The highest BCUT2D eigenvalue weighted by molar-refractivity contribution is 5.74. The van der Waals surface area contributed by atoms with Crippen LogP contribution >= 0.6 is 0 Å². The first-order chi connectivity index (χ1) is 11.8. The van der Waals surface area contributed by atoms with Gasteiger partial charge in [0, 0.05) is 45.0 Å². The van der Waals surface area contributed by atoms with E-state index in [0.717, 1.165) is 37.6 Å². The molecule has 6 heteroatoms. The van der Waals surface area contributed by atoms with Gasteiger partial charge in [-0.05, 0) is 31.7 Å². The summed E-state index contributed by atoms with van der Waals surface area (Å²) in [7, 11) is 1.66. The van der Waals surface area contributed by atoms with E-state index in [0.29, 0.717) is 13.1 Å². The van der Waals surface area contributed by atoms with E-state index in [2.05, 4.69) is 21.3 Å². The molecule has 1 fully saturated rings. The molecule has 1 aromatic heterocycles. The van der Waals surface area contributed by atoms with Gasteiger partial charge in [-0.3, -0.25) is 0 Å². The highest BCUT2D eigenvalue weighted by atomic mass is 16.5. The summed E-state index contributed by atoms with van der Waals surface area (Å²) in [6.45, 7) is 3.75. The Morgan fingerprint density at radius 3 is 2.88 bits per heavy atom. The molecule has 1 aromatic rings. The topological polar surface area (TPSA) is 57.7 Å². The molecule has 0 aromatic carbocycles. The number of hydrogen-bond acceptors (Lipinski definition) is 4. The molecule has 6 nitrogen and oxygen atoms in total. The van der Waals surface area contributed by atoms with Crippen LogP contribution < -0.4 is 15.0 Å². The van der Waals surface area contributed by atoms with Crippen LogP contribution in [-0.4, -0.2) is 55.7 Å². The number of hydrogen-bond donors (Lipinski definition) is 1. The summed E-state index contributed by atoms with van der Waals surface area (Å²) in [6.07, 6.45) is 8.71. The number of nitrogens with zero attached hydrogens (tertiary/aromatic N) is 3. The van der Waals surface area contributed by atoms with Crippen LogP contribution in [0.4, 0.5) is 10.6 Å². The number of methoxy groups -OCH3 is 1. The van der Waals surface area contributed by atoms with Gasteiger partial charge in [-0.2, -0.15) is 0 Å². The number of allylic oxidation sites excluding steroid dienone is 1. The quantitative estimate of drug-likeness (QED) is 0.843. The fourth-order valence-corrected chi connectivity index (χ4v) is 3.24. The Labute approximate surface area is 143 Å². The number of carbonyl (C=O) groups excluding carboxylic acids is 1. The number of urea groups is 1. The third kappa shape index (κ3) is 4.19. The summed E-state index contributed by atoms with van der Waals surface area (Å²) < 4.78 is 5.25. The van der Waals surface area contributed by atoms with Crippen LogP contribution in [0.15, 0.2) is 30.0 Å². The lowest BCUT2D eigenvalue weighted by atomic mass is 10.2. The number of aromatic nitrogens is 1.